The van der Waals surface area contributed by atoms with Crippen molar-refractivity contribution < 1.29 is 15.0 Å². The van der Waals surface area contributed by atoms with Crippen LogP contribution in [-0.2, 0) is 4.79 Å². The molecule has 0 saturated heterocycles. The highest BCUT2D eigenvalue weighted by molar-refractivity contribution is 5.79. The van der Waals surface area contributed by atoms with Gasteiger partial charge in [0.05, 0.1) is 6.61 Å². The van der Waals surface area contributed by atoms with Gasteiger partial charge in [-0.3, -0.25) is 0 Å². The second-order valence-corrected chi connectivity index (χ2v) is 3.92. The smallest absolute Gasteiger partial charge is 0.329 e. The van der Waals surface area contributed by atoms with Gasteiger partial charge >= 0.3 is 5.97 Å². The Morgan fingerprint density at radius 2 is 2.07 bits per heavy atom. The predicted molar refractivity (Wildman–Crippen MR) is 52.8 cm³/mol. The molecule has 0 aromatic rings. The number of rotatable bonds is 5. The van der Waals surface area contributed by atoms with Gasteiger partial charge in [0.15, 0.2) is 0 Å². The average Bonchev–Trinajstić information content (AvgIpc) is 2.62. The number of hydrogen-bond acceptors (Lipinski definition) is 3. The number of carboxylic acids is 1. The zero-order valence-electron chi connectivity index (χ0n) is 8.20. The third-order valence-electron chi connectivity index (χ3n) is 2.82. The Labute approximate surface area is 83.6 Å². The van der Waals surface area contributed by atoms with Crippen molar-refractivity contribution in [2.45, 2.75) is 25.7 Å². The van der Waals surface area contributed by atoms with Crippen molar-refractivity contribution in [3.8, 4) is 0 Å². The maximum absolute atomic E-state index is 10.2. The van der Waals surface area contributed by atoms with Gasteiger partial charge in [-0.1, -0.05) is 12.8 Å². The molecule has 4 heteroatoms. The Balaban J connectivity index is 2.31. The van der Waals surface area contributed by atoms with E-state index in [0.29, 0.717) is 6.54 Å². The normalized spacial score (nSPS) is 20.1. The summed E-state index contributed by atoms with van der Waals surface area (Å²) in [6, 6.07) is 0. The van der Waals surface area contributed by atoms with Crippen LogP contribution in [0.1, 0.15) is 25.7 Å². The molecule has 0 unspecified atom stereocenters. The molecule has 4 nitrogen and oxygen atoms in total. The SMILES string of the molecule is O=C(O)/C=C/NCC1(CO)CCCC1. The maximum Gasteiger partial charge on any atom is 0.329 e. The maximum atomic E-state index is 10.2. The van der Waals surface area contributed by atoms with Crippen molar-refractivity contribution in [2.24, 2.45) is 5.41 Å². The monoisotopic (exact) mass is 199 g/mol. The van der Waals surface area contributed by atoms with Crippen molar-refractivity contribution in [3.63, 3.8) is 0 Å². The lowest BCUT2D eigenvalue weighted by molar-refractivity contribution is -0.131. The summed E-state index contributed by atoms with van der Waals surface area (Å²) in [6.07, 6.45) is 6.86. The highest BCUT2D eigenvalue weighted by atomic mass is 16.4. The predicted octanol–water partition coefficient (Wildman–Crippen LogP) is 0.727. The summed E-state index contributed by atoms with van der Waals surface area (Å²) < 4.78 is 0. The molecule has 3 N–H and O–H groups in total. The summed E-state index contributed by atoms with van der Waals surface area (Å²) in [7, 11) is 0. The molecule has 1 fully saturated rings. The van der Waals surface area contributed by atoms with Crippen LogP contribution in [0.4, 0.5) is 0 Å². The fourth-order valence-electron chi connectivity index (χ4n) is 1.92. The minimum atomic E-state index is -0.957. The number of hydrogen-bond donors (Lipinski definition) is 3. The van der Waals surface area contributed by atoms with E-state index < -0.39 is 5.97 Å². The lowest BCUT2D eigenvalue weighted by Crippen LogP contribution is -2.32. The number of carbonyl (C=O) groups is 1. The Hall–Kier alpha value is -1.03. The Bertz CT molecular complexity index is 219. The summed E-state index contributed by atoms with van der Waals surface area (Å²) in [4.78, 5) is 10.2. The first-order valence-corrected chi connectivity index (χ1v) is 4.92. The highest BCUT2D eigenvalue weighted by Crippen LogP contribution is 2.36. The molecular formula is C10H17NO3. The van der Waals surface area contributed by atoms with Gasteiger partial charge in [-0.2, -0.15) is 0 Å². The van der Waals surface area contributed by atoms with Crippen molar-refractivity contribution in [1.82, 2.24) is 5.32 Å². The van der Waals surface area contributed by atoms with Gasteiger partial charge < -0.3 is 15.5 Å². The van der Waals surface area contributed by atoms with Gasteiger partial charge in [-0.15, -0.1) is 0 Å². The van der Waals surface area contributed by atoms with Gasteiger partial charge in [0.2, 0.25) is 0 Å². The molecular weight excluding hydrogens is 182 g/mol. The van der Waals surface area contributed by atoms with Crippen molar-refractivity contribution in [2.75, 3.05) is 13.2 Å². The van der Waals surface area contributed by atoms with E-state index >= 15 is 0 Å². The summed E-state index contributed by atoms with van der Waals surface area (Å²) in [5.41, 5.74) is -0.0250. The summed E-state index contributed by atoms with van der Waals surface area (Å²) in [6.45, 7) is 0.841. The molecule has 0 aromatic heterocycles. The van der Waals surface area contributed by atoms with Crippen molar-refractivity contribution in [3.05, 3.63) is 12.3 Å². The van der Waals surface area contributed by atoms with Crippen LogP contribution in [0.15, 0.2) is 12.3 Å². The standard InChI is InChI=1S/C10H17NO3/c12-8-10(4-1-2-5-10)7-11-6-3-9(13)14/h3,6,11-12H,1-2,4-5,7-8H2,(H,13,14)/b6-3+. The lowest BCUT2D eigenvalue weighted by atomic mass is 9.87. The van der Waals surface area contributed by atoms with Gasteiger partial charge in [-0.05, 0) is 12.8 Å². The fraction of sp³-hybridized carbons (Fsp3) is 0.700. The van der Waals surface area contributed by atoms with E-state index in [1.165, 1.54) is 6.20 Å². The van der Waals surface area contributed by atoms with Crippen molar-refractivity contribution >= 4 is 5.97 Å². The van der Waals surface area contributed by atoms with Crippen LogP contribution < -0.4 is 5.32 Å². The minimum absolute atomic E-state index is 0.0250. The first-order chi connectivity index (χ1) is 6.68. The molecule has 14 heavy (non-hydrogen) atoms. The largest absolute Gasteiger partial charge is 0.478 e. The number of carboxylic acid groups (broad SMARTS) is 1. The summed E-state index contributed by atoms with van der Waals surface area (Å²) >= 11 is 0. The lowest BCUT2D eigenvalue weighted by Gasteiger charge is -2.25. The van der Waals surface area contributed by atoms with Crippen LogP contribution in [0, 0.1) is 5.41 Å². The molecule has 0 heterocycles. The first kappa shape index (κ1) is 11.0. The minimum Gasteiger partial charge on any atom is -0.478 e. The van der Waals surface area contributed by atoms with E-state index in [2.05, 4.69) is 5.32 Å². The molecule has 1 aliphatic carbocycles. The summed E-state index contributed by atoms with van der Waals surface area (Å²) in [5, 5.41) is 20.5. The van der Waals surface area contributed by atoms with E-state index in [0.717, 1.165) is 31.8 Å². The van der Waals surface area contributed by atoms with Crippen LogP contribution in [-0.4, -0.2) is 29.3 Å². The molecule has 0 radical (unpaired) electrons. The Kier molecular flexibility index (Phi) is 3.95. The zero-order valence-corrected chi connectivity index (χ0v) is 8.20. The quantitative estimate of drug-likeness (QED) is 0.571. The van der Waals surface area contributed by atoms with Crippen LogP contribution in [0.5, 0.6) is 0 Å². The van der Waals surface area contributed by atoms with Gasteiger partial charge in [0.1, 0.15) is 0 Å². The molecule has 0 spiro atoms. The second kappa shape index (κ2) is 5.00. The number of aliphatic carboxylic acids is 1. The average molecular weight is 199 g/mol. The molecule has 1 saturated carbocycles. The number of nitrogens with one attached hydrogen (secondary N) is 1. The first-order valence-electron chi connectivity index (χ1n) is 4.92. The molecule has 0 atom stereocenters. The third-order valence-corrected chi connectivity index (χ3v) is 2.82. The van der Waals surface area contributed by atoms with Gasteiger partial charge in [-0.25, -0.2) is 4.79 Å². The Morgan fingerprint density at radius 1 is 1.43 bits per heavy atom. The number of aliphatic hydroxyl groups excluding tert-OH is 1. The molecule has 0 bridgehead atoms. The molecule has 1 aliphatic rings. The van der Waals surface area contributed by atoms with Crippen LogP contribution in [0.2, 0.25) is 0 Å². The van der Waals surface area contributed by atoms with Crippen LogP contribution in [0.3, 0.4) is 0 Å². The van der Waals surface area contributed by atoms with Crippen LogP contribution >= 0.6 is 0 Å². The Morgan fingerprint density at radius 3 is 2.57 bits per heavy atom. The molecule has 80 valence electrons. The van der Waals surface area contributed by atoms with E-state index in [9.17, 15) is 9.90 Å². The van der Waals surface area contributed by atoms with Gasteiger partial charge in [0.25, 0.3) is 0 Å². The van der Waals surface area contributed by atoms with Crippen molar-refractivity contribution in [1.29, 1.82) is 0 Å². The van der Waals surface area contributed by atoms with E-state index in [1.54, 1.807) is 0 Å². The number of aliphatic hydroxyl groups is 1. The highest BCUT2D eigenvalue weighted by Gasteiger charge is 2.32. The molecule has 1 rings (SSSR count). The molecule has 0 aromatic carbocycles. The fourth-order valence-corrected chi connectivity index (χ4v) is 1.92. The summed E-state index contributed by atoms with van der Waals surface area (Å²) in [5.74, 6) is -0.957. The van der Waals surface area contributed by atoms with E-state index in [4.69, 9.17) is 5.11 Å². The van der Waals surface area contributed by atoms with Gasteiger partial charge in [0, 0.05) is 24.2 Å². The molecule has 0 aliphatic heterocycles. The zero-order chi connectivity index (χ0) is 10.4. The second-order valence-electron chi connectivity index (χ2n) is 3.92. The van der Waals surface area contributed by atoms with E-state index in [1.807, 2.05) is 0 Å². The third kappa shape index (κ3) is 3.03. The molecule has 0 amide bonds. The topological polar surface area (TPSA) is 69.6 Å². The van der Waals surface area contributed by atoms with E-state index in [-0.39, 0.29) is 12.0 Å². The van der Waals surface area contributed by atoms with Crippen LogP contribution in [0.25, 0.3) is 0 Å².